The lowest BCUT2D eigenvalue weighted by Crippen LogP contribution is -2.02. The van der Waals surface area contributed by atoms with Crippen molar-refractivity contribution in [3.05, 3.63) is 24.3 Å². The van der Waals surface area contributed by atoms with Gasteiger partial charge in [0.1, 0.15) is 5.75 Å². The molecule has 0 aromatic heterocycles. The second-order valence-electron chi connectivity index (χ2n) is 2.30. The SMILES string of the molecule is COc1cccc(S(=O)(=O)OC)c1. The van der Waals surface area contributed by atoms with Crippen molar-refractivity contribution in [1.29, 1.82) is 0 Å². The summed E-state index contributed by atoms with van der Waals surface area (Å²) >= 11 is 0. The maximum Gasteiger partial charge on any atom is 0.296 e. The van der Waals surface area contributed by atoms with Crippen LogP contribution in [0.1, 0.15) is 0 Å². The summed E-state index contributed by atoms with van der Waals surface area (Å²) in [5.74, 6) is 0.484. The van der Waals surface area contributed by atoms with E-state index in [1.54, 1.807) is 12.1 Å². The molecule has 0 aliphatic carbocycles. The Balaban J connectivity index is 3.17. The van der Waals surface area contributed by atoms with Crippen LogP contribution in [0.15, 0.2) is 29.2 Å². The molecule has 0 amide bonds. The van der Waals surface area contributed by atoms with E-state index in [0.717, 1.165) is 7.11 Å². The van der Waals surface area contributed by atoms with Gasteiger partial charge in [0, 0.05) is 6.07 Å². The molecule has 0 unspecified atom stereocenters. The highest BCUT2D eigenvalue weighted by atomic mass is 32.2. The molecule has 1 rings (SSSR count). The Morgan fingerprint density at radius 1 is 1.23 bits per heavy atom. The Morgan fingerprint density at radius 2 is 1.92 bits per heavy atom. The van der Waals surface area contributed by atoms with Crippen molar-refractivity contribution in [2.75, 3.05) is 14.2 Å². The van der Waals surface area contributed by atoms with Crippen molar-refractivity contribution >= 4 is 10.1 Å². The Bertz CT molecular complexity index is 383. The molecule has 0 N–H and O–H groups in total. The van der Waals surface area contributed by atoms with E-state index in [1.807, 2.05) is 0 Å². The first-order valence-corrected chi connectivity index (χ1v) is 4.95. The van der Waals surface area contributed by atoms with E-state index in [2.05, 4.69) is 4.18 Å². The van der Waals surface area contributed by atoms with E-state index in [4.69, 9.17) is 4.74 Å². The highest BCUT2D eigenvalue weighted by Crippen LogP contribution is 2.17. The molecule has 1 aromatic carbocycles. The average Bonchev–Trinajstić information content (AvgIpc) is 2.18. The molecule has 13 heavy (non-hydrogen) atoms. The molecule has 4 nitrogen and oxygen atoms in total. The fourth-order valence-electron chi connectivity index (χ4n) is 0.853. The molecule has 0 saturated carbocycles. The molecule has 0 aliphatic rings. The van der Waals surface area contributed by atoms with Crippen molar-refractivity contribution in [3.63, 3.8) is 0 Å². The zero-order chi connectivity index (χ0) is 9.90. The van der Waals surface area contributed by atoms with Crippen LogP contribution < -0.4 is 4.74 Å². The van der Waals surface area contributed by atoms with Gasteiger partial charge in [-0.2, -0.15) is 8.42 Å². The van der Waals surface area contributed by atoms with Crippen molar-refractivity contribution in [1.82, 2.24) is 0 Å². The number of methoxy groups -OCH3 is 1. The highest BCUT2D eigenvalue weighted by Gasteiger charge is 2.12. The summed E-state index contributed by atoms with van der Waals surface area (Å²) in [6.07, 6.45) is 0. The van der Waals surface area contributed by atoms with E-state index in [9.17, 15) is 8.42 Å². The second kappa shape index (κ2) is 3.76. The molecule has 5 heteroatoms. The van der Waals surface area contributed by atoms with Gasteiger partial charge in [-0.3, -0.25) is 4.18 Å². The maximum atomic E-state index is 11.2. The summed E-state index contributed by atoms with van der Waals surface area (Å²) in [5.41, 5.74) is 0. The molecule has 0 aliphatic heterocycles. The Morgan fingerprint density at radius 3 is 2.46 bits per heavy atom. The van der Waals surface area contributed by atoms with Gasteiger partial charge in [-0.1, -0.05) is 6.07 Å². The fourth-order valence-corrected chi connectivity index (χ4v) is 1.55. The van der Waals surface area contributed by atoms with Crippen molar-refractivity contribution in [2.45, 2.75) is 4.90 Å². The molecule has 0 saturated heterocycles. The third-order valence-corrected chi connectivity index (χ3v) is 2.82. The van der Waals surface area contributed by atoms with Crippen molar-refractivity contribution in [2.24, 2.45) is 0 Å². The molecular weight excluding hydrogens is 192 g/mol. The number of hydrogen-bond acceptors (Lipinski definition) is 4. The van der Waals surface area contributed by atoms with E-state index in [-0.39, 0.29) is 4.90 Å². The van der Waals surface area contributed by atoms with Crippen LogP contribution >= 0.6 is 0 Å². The van der Waals surface area contributed by atoms with Gasteiger partial charge in [0.25, 0.3) is 10.1 Å². The molecule has 0 heterocycles. The van der Waals surface area contributed by atoms with E-state index >= 15 is 0 Å². The first-order valence-electron chi connectivity index (χ1n) is 3.55. The van der Waals surface area contributed by atoms with Gasteiger partial charge in [-0.05, 0) is 12.1 Å². The number of hydrogen-bond donors (Lipinski definition) is 0. The zero-order valence-electron chi connectivity index (χ0n) is 7.35. The largest absolute Gasteiger partial charge is 0.497 e. The van der Waals surface area contributed by atoms with Gasteiger partial charge in [0.2, 0.25) is 0 Å². The molecule has 0 fully saturated rings. The predicted octanol–water partition coefficient (Wildman–Crippen LogP) is 1.03. The summed E-state index contributed by atoms with van der Waals surface area (Å²) in [6, 6.07) is 6.10. The Hall–Kier alpha value is -1.07. The second-order valence-corrected chi connectivity index (χ2v) is 4.01. The third kappa shape index (κ3) is 2.19. The Kier molecular flexibility index (Phi) is 2.90. The molecule has 0 radical (unpaired) electrons. The quantitative estimate of drug-likeness (QED) is 0.687. The minimum atomic E-state index is -3.61. The molecule has 0 atom stereocenters. The van der Waals surface area contributed by atoms with Crippen LogP contribution in [0.2, 0.25) is 0 Å². The number of ether oxygens (including phenoxy) is 1. The summed E-state index contributed by atoms with van der Waals surface area (Å²) in [7, 11) is -1.02. The standard InChI is InChI=1S/C8H10O4S/c1-11-7-4-3-5-8(6-7)13(9,10)12-2/h3-6H,1-2H3. The number of benzene rings is 1. The lowest BCUT2D eigenvalue weighted by molar-refractivity contribution is 0.394. The van der Waals surface area contributed by atoms with Gasteiger partial charge >= 0.3 is 0 Å². The van der Waals surface area contributed by atoms with Crippen molar-refractivity contribution in [3.8, 4) is 5.75 Å². The molecule has 0 spiro atoms. The molecule has 1 aromatic rings. The topological polar surface area (TPSA) is 52.6 Å². The minimum absolute atomic E-state index is 0.0920. The molecule has 72 valence electrons. The highest BCUT2D eigenvalue weighted by molar-refractivity contribution is 7.86. The normalized spacial score (nSPS) is 11.2. The van der Waals surface area contributed by atoms with E-state index in [0.29, 0.717) is 5.75 Å². The lowest BCUT2D eigenvalue weighted by atomic mass is 10.3. The van der Waals surface area contributed by atoms with E-state index < -0.39 is 10.1 Å². The number of rotatable bonds is 3. The summed E-state index contributed by atoms with van der Waals surface area (Å²) in [6.45, 7) is 0. The molecule has 0 bridgehead atoms. The van der Waals surface area contributed by atoms with E-state index in [1.165, 1.54) is 19.2 Å². The first kappa shape index (κ1) is 10.0. The zero-order valence-corrected chi connectivity index (χ0v) is 8.17. The van der Waals surface area contributed by atoms with Crippen LogP contribution in [0.4, 0.5) is 0 Å². The van der Waals surface area contributed by atoms with Crippen LogP contribution in [-0.4, -0.2) is 22.6 Å². The van der Waals surface area contributed by atoms with Gasteiger partial charge < -0.3 is 4.74 Å². The van der Waals surface area contributed by atoms with Crippen LogP contribution in [0.25, 0.3) is 0 Å². The van der Waals surface area contributed by atoms with Gasteiger partial charge in [0.05, 0.1) is 19.1 Å². The van der Waals surface area contributed by atoms with Crippen LogP contribution in [-0.2, 0) is 14.3 Å². The monoisotopic (exact) mass is 202 g/mol. The lowest BCUT2D eigenvalue weighted by Gasteiger charge is -2.03. The fraction of sp³-hybridized carbons (Fsp3) is 0.250. The van der Waals surface area contributed by atoms with Crippen LogP contribution in [0.5, 0.6) is 5.75 Å². The van der Waals surface area contributed by atoms with Crippen LogP contribution in [0, 0.1) is 0 Å². The van der Waals surface area contributed by atoms with Gasteiger partial charge in [-0.15, -0.1) is 0 Å². The maximum absolute atomic E-state index is 11.2. The summed E-state index contributed by atoms with van der Waals surface area (Å²) < 4.78 is 31.6. The van der Waals surface area contributed by atoms with Crippen LogP contribution in [0.3, 0.4) is 0 Å². The Labute approximate surface area is 77.2 Å². The van der Waals surface area contributed by atoms with Crippen molar-refractivity contribution < 1.29 is 17.3 Å². The minimum Gasteiger partial charge on any atom is -0.497 e. The average molecular weight is 202 g/mol. The summed E-state index contributed by atoms with van der Waals surface area (Å²) in [4.78, 5) is 0.0920. The predicted molar refractivity (Wildman–Crippen MR) is 47.2 cm³/mol. The molecular formula is C8H10O4S. The third-order valence-electron chi connectivity index (χ3n) is 1.55. The smallest absolute Gasteiger partial charge is 0.296 e. The summed E-state index contributed by atoms with van der Waals surface area (Å²) in [5, 5.41) is 0. The van der Waals surface area contributed by atoms with Gasteiger partial charge in [0.15, 0.2) is 0 Å². The van der Waals surface area contributed by atoms with Gasteiger partial charge in [-0.25, -0.2) is 0 Å². The first-order chi connectivity index (χ1) is 6.10.